The summed E-state index contributed by atoms with van der Waals surface area (Å²) in [6.07, 6.45) is 4.43. The van der Waals surface area contributed by atoms with E-state index in [9.17, 15) is 0 Å². The van der Waals surface area contributed by atoms with E-state index in [0.29, 0.717) is 6.10 Å². The highest BCUT2D eigenvalue weighted by atomic mass is 16.5. The van der Waals surface area contributed by atoms with Crippen LogP contribution in [0.3, 0.4) is 0 Å². The van der Waals surface area contributed by atoms with Crippen LogP contribution in [0, 0.1) is 0 Å². The second kappa shape index (κ2) is 2.31. The van der Waals surface area contributed by atoms with Crippen LogP contribution < -0.4 is 0 Å². The third-order valence-electron chi connectivity index (χ3n) is 1.08. The molecule has 1 aliphatic rings. The predicted octanol–water partition coefficient (Wildman–Crippen LogP) is 1.58. The lowest BCUT2D eigenvalue weighted by molar-refractivity contribution is 0.120. The molecule has 0 aromatic heterocycles. The molecule has 1 nitrogen and oxygen atoms in total. The van der Waals surface area contributed by atoms with E-state index in [2.05, 4.69) is 6.92 Å². The van der Waals surface area contributed by atoms with E-state index in [4.69, 9.17) is 4.74 Å². The first kappa shape index (κ1) is 5.10. The predicted molar refractivity (Wildman–Crippen MR) is 29.3 cm³/mol. The Kier molecular flexibility index (Phi) is 1.69. The summed E-state index contributed by atoms with van der Waals surface area (Å²) in [7, 11) is 0. The summed E-state index contributed by atoms with van der Waals surface area (Å²) in [4.78, 5) is 0. The maximum atomic E-state index is 5.30. The highest BCUT2D eigenvalue weighted by Gasteiger charge is 2.20. The summed E-state index contributed by atoms with van der Waals surface area (Å²) in [6.45, 7) is 3.10. The molecule has 1 aliphatic carbocycles. The second-order valence-electron chi connectivity index (χ2n) is 2.07. The normalized spacial score (nSPS) is 20.1. The van der Waals surface area contributed by atoms with Gasteiger partial charge in [-0.3, -0.25) is 0 Å². The molecule has 1 fully saturated rings. The molecular formula is C6H12O. The zero-order valence-electron chi connectivity index (χ0n) is 4.81. The smallest absolute Gasteiger partial charge is 0.0577 e. The van der Waals surface area contributed by atoms with Gasteiger partial charge in [0.15, 0.2) is 0 Å². The van der Waals surface area contributed by atoms with Crippen LogP contribution in [-0.4, -0.2) is 12.7 Å². The molecule has 0 aliphatic heterocycles. The lowest BCUT2D eigenvalue weighted by Crippen LogP contribution is -1.92. The second-order valence-corrected chi connectivity index (χ2v) is 2.07. The van der Waals surface area contributed by atoms with Crippen molar-refractivity contribution < 1.29 is 4.74 Å². The third-order valence-corrected chi connectivity index (χ3v) is 1.08. The topological polar surface area (TPSA) is 9.23 Å². The number of hydrogen-bond acceptors (Lipinski definition) is 1. The van der Waals surface area contributed by atoms with Crippen molar-refractivity contribution in [1.82, 2.24) is 0 Å². The first-order valence-electron chi connectivity index (χ1n) is 3.05. The van der Waals surface area contributed by atoms with Gasteiger partial charge in [0.2, 0.25) is 0 Å². The summed E-state index contributed by atoms with van der Waals surface area (Å²) in [5.41, 5.74) is 0. The summed E-state index contributed by atoms with van der Waals surface area (Å²) >= 11 is 0. The van der Waals surface area contributed by atoms with E-state index in [0.717, 1.165) is 13.0 Å². The minimum absolute atomic E-state index is 0.653. The van der Waals surface area contributed by atoms with Gasteiger partial charge in [-0.05, 0) is 19.3 Å². The fourth-order valence-corrected chi connectivity index (χ4v) is 0.519. The summed E-state index contributed by atoms with van der Waals surface area (Å²) in [5.74, 6) is 0. The number of ether oxygens (including phenoxy) is 1. The summed E-state index contributed by atoms with van der Waals surface area (Å²) in [5, 5.41) is 0. The van der Waals surface area contributed by atoms with Crippen LogP contribution in [0.4, 0.5) is 0 Å². The Hall–Kier alpha value is -0.0400. The van der Waals surface area contributed by atoms with Crippen molar-refractivity contribution in [1.29, 1.82) is 0 Å². The molecular weight excluding hydrogens is 88.1 g/mol. The van der Waals surface area contributed by atoms with Crippen LogP contribution >= 0.6 is 0 Å². The van der Waals surface area contributed by atoms with Crippen molar-refractivity contribution in [2.45, 2.75) is 32.3 Å². The number of hydrogen-bond donors (Lipinski definition) is 0. The molecule has 0 unspecified atom stereocenters. The first-order valence-corrected chi connectivity index (χ1v) is 3.05. The van der Waals surface area contributed by atoms with Crippen molar-refractivity contribution in [3.63, 3.8) is 0 Å². The van der Waals surface area contributed by atoms with Gasteiger partial charge in [-0.2, -0.15) is 0 Å². The SMILES string of the molecule is CCCOC1CC1. The Morgan fingerprint density at radius 3 is 2.71 bits per heavy atom. The highest BCUT2D eigenvalue weighted by Crippen LogP contribution is 2.23. The molecule has 0 amide bonds. The Balaban J connectivity index is 1.80. The molecule has 0 atom stereocenters. The van der Waals surface area contributed by atoms with Crippen LogP contribution in [-0.2, 0) is 4.74 Å². The highest BCUT2D eigenvalue weighted by molar-refractivity contribution is 4.72. The first-order chi connectivity index (χ1) is 3.43. The third kappa shape index (κ3) is 1.93. The van der Waals surface area contributed by atoms with Crippen molar-refractivity contribution in [2.24, 2.45) is 0 Å². The molecule has 1 saturated carbocycles. The quantitative estimate of drug-likeness (QED) is 0.523. The van der Waals surface area contributed by atoms with Crippen molar-refractivity contribution >= 4 is 0 Å². The minimum Gasteiger partial charge on any atom is -0.378 e. The van der Waals surface area contributed by atoms with E-state index in [-0.39, 0.29) is 0 Å². The molecule has 0 N–H and O–H groups in total. The van der Waals surface area contributed by atoms with Gasteiger partial charge < -0.3 is 4.74 Å². The fraction of sp³-hybridized carbons (Fsp3) is 1.00. The zero-order valence-corrected chi connectivity index (χ0v) is 4.81. The fourth-order valence-electron chi connectivity index (χ4n) is 0.519. The summed E-state index contributed by atoms with van der Waals surface area (Å²) in [6, 6.07) is 0. The van der Waals surface area contributed by atoms with Gasteiger partial charge >= 0.3 is 0 Å². The summed E-state index contributed by atoms with van der Waals surface area (Å²) < 4.78 is 5.30. The van der Waals surface area contributed by atoms with Gasteiger partial charge in [0.1, 0.15) is 0 Å². The van der Waals surface area contributed by atoms with E-state index < -0.39 is 0 Å². The lowest BCUT2D eigenvalue weighted by Gasteiger charge is -1.94. The molecule has 1 heteroatoms. The molecule has 1 rings (SSSR count). The van der Waals surface area contributed by atoms with Crippen LogP contribution in [0.1, 0.15) is 26.2 Å². The average molecular weight is 100 g/mol. The average Bonchev–Trinajstić information content (AvgIpc) is 2.42. The minimum atomic E-state index is 0.653. The van der Waals surface area contributed by atoms with Gasteiger partial charge in [0, 0.05) is 6.61 Å². The largest absolute Gasteiger partial charge is 0.378 e. The Bertz CT molecular complexity index is 48.1. The van der Waals surface area contributed by atoms with Gasteiger partial charge in [0.05, 0.1) is 6.10 Å². The van der Waals surface area contributed by atoms with E-state index in [1.807, 2.05) is 0 Å². The van der Waals surface area contributed by atoms with Crippen LogP contribution in [0.15, 0.2) is 0 Å². The maximum absolute atomic E-state index is 5.30. The Labute approximate surface area is 44.7 Å². The van der Waals surface area contributed by atoms with E-state index in [1.54, 1.807) is 0 Å². The van der Waals surface area contributed by atoms with E-state index >= 15 is 0 Å². The maximum Gasteiger partial charge on any atom is 0.0577 e. The van der Waals surface area contributed by atoms with Crippen molar-refractivity contribution in [2.75, 3.05) is 6.61 Å². The van der Waals surface area contributed by atoms with Crippen LogP contribution in [0.5, 0.6) is 0 Å². The van der Waals surface area contributed by atoms with Crippen molar-refractivity contribution in [3.8, 4) is 0 Å². The van der Waals surface area contributed by atoms with Gasteiger partial charge in [0.25, 0.3) is 0 Å². The standard InChI is InChI=1S/C6H12O/c1-2-5-7-6-3-4-6/h6H,2-5H2,1H3. The van der Waals surface area contributed by atoms with Crippen molar-refractivity contribution in [3.05, 3.63) is 0 Å². The lowest BCUT2D eigenvalue weighted by atomic mass is 10.5. The zero-order chi connectivity index (χ0) is 5.11. The molecule has 0 radical (unpaired) electrons. The van der Waals surface area contributed by atoms with Gasteiger partial charge in [-0.25, -0.2) is 0 Å². The Morgan fingerprint density at radius 2 is 2.29 bits per heavy atom. The van der Waals surface area contributed by atoms with Gasteiger partial charge in [-0.15, -0.1) is 0 Å². The van der Waals surface area contributed by atoms with Crippen LogP contribution in [0.2, 0.25) is 0 Å². The molecule has 0 saturated heterocycles. The molecule has 0 heterocycles. The van der Waals surface area contributed by atoms with Crippen LogP contribution in [0.25, 0.3) is 0 Å². The Morgan fingerprint density at radius 1 is 1.57 bits per heavy atom. The van der Waals surface area contributed by atoms with E-state index in [1.165, 1.54) is 12.8 Å². The molecule has 0 aromatic rings. The molecule has 0 bridgehead atoms. The molecule has 0 aromatic carbocycles. The molecule has 7 heavy (non-hydrogen) atoms. The molecule has 0 spiro atoms. The number of rotatable bonds is 3. The monoisotopic (exact) mass is 100 g/mol. The molecule has 42 valence electrons. The van der Waals surface area contributed by atoms with Gasteiger partial charge in [-0.1, -0.05) is 6.92 Å².